The predicted octanol–water partition coefficient (Wildman–Crippen LogP) is 7.02. The van der Waals surface area contributed by atoms with Crippen LogP contribution in [-0.2, 0) is 43.3 Å². The molecule has 11 nitrogen and oxygen atoms in total. The zero-order valence-electron chi connectivity index (χ0n) is 27.9. The number of hydrogen-bond donors (Lipinski definition) is 1. The van der Waals surface area contributed by atoms with Gasteiger partial charge >= 0.3 is 18.6 Å². The van der Waals surface area contributed by atoms with E-state index in [1.54, 1.807) is 57.0 Å². The molecule has 0 amide bonds. The minimum Gasteiger partial charge on any atom is -0.489 e. The van der Waals surface area contributed by atoms with Crippen LogP contribution in [-0.4, -0.2) is 69.5 Å². The number of pyridine rings is 1. The number of carbonyl (C=O) groups excluding carboxylic acids is 2. The second kappa shape index (κ2) is 17.6. The van der Waals surface area contributed by atoms with Gasteiger partial charge in [0.2, 0.25) is 0 Å². The van der Waals surface area contributed by atoms with Crippen LogP contribution in [0.5, 0.6) is 11.5 Å². The van der Waals surface area contributed by atoms with E-state index in [2.05, 4.69) is 9.72 Å². The van der Waals surface area contributed by atoms with Crippen molar-refractivity contribution in [3.63, 3.8) is 0 Å². The third-order valence-corrected chi connectivity index (χ3v) is 8.67. The average Bonchev–Trinajstić information content (AvgIpc) is 3.84. The van der Waals surface area contributed by atoms with E-state index in [9.17, 15) is 27.1 Å². The van der Waals surface area contributed by atoms with Crippen molar-refractivity contribution in [1.29, 1.82) is 0 Å². The molecule has 0 bridgehead atoms. The van der Waals surface area contributed by atoms with Crippen LogP contribution in [0.3, 0.4) is 0 Å². The first kappa shape index (κ1) is 39.2. The van der Waals surface area contributed by atoms with Gasteiger partial charge in [0.15, 0.2) is 11.5 Å². The fraction of sp³-hybridized carbons (Fsp3) is 0.441. The lowest BCUT2D eigenvalue weighted by atomic mass is 10.0. The highest BCUT2D eigenvalue weighted by Gasteiger charge is 2.27. The van der Waals surface area contributed by atoms with E-state index >= 15 is 0 Å². The number of nitrogens with zero attached hydrogens (tertiary/aromatic N) is 3. The molecule has 1 aromatic heterocycles. The first-order chi connectivity index (χ1) is 23.6. The number of benzene rings is 2. The number of esters is 2. The zero-order valence-corrected chi connectivity index (χ0v) is 30.3. The van der Waals surface area contributed by atoms with Gasteiger partial charge in [-0.1, -0.05) is 41.4 Å². The molecular weight excluding hydrogens is 719 g/mol. The summed E-state index contributed by atoms with van der Waals surface area (Å²) < 4.78 is 70.8. The molecule has 272 valence electrons. The summed E-state index contributed by atoms with van der Waals surface area (Å²) in [6.45, 7) is 2.10. The van der Waals surface area contributed by atoms with Gasteiger partial charge in [0, 0.05) is 25.4 Å². The maximum Gasteiger partial charge on any atom is 0.387 e. The summed E-state index contributed by atoms with van der Waals surface area (Å²) in [5, 5.41) is 0.522. The summed E-state index contributed by atoms with van der Waals surface area (Å²) in [6.07, 6.45) is 3.92. The van der Waals surface area contributed by atoms with Crippen molar-refractivity contribution in [2.24, 2.45) is 5.92 Å². The van der Waals surface area contributed by atoms with Gasteiger partial charge in [0.25, 0.3) is 11.3 Å². The number of alkyl halides is 2. The Morgan fingerprint density at radius 1 is 1.02 bits per heavy atom. The van der Waals surface area contributed by atoms with Crippen molar-refractivity contribution in [2.75, 3.05) is 31.0 Å². The fourth-order valence-electron chi connectivity index (χ4n) is 4.85. The van der Waals surface area contributed by atoms with E-state index in [0.717, 1.165) is 22.7 Å². The first-order valence-electron chi connectivity index (χ1n) is 15.6. The molecule has 1 unspecified atom stereocenters. The molecule has 0 radical (unpaired) electrons. The largest absolute Gasteiger partial charge is 0.489 e. The molecule has 4 rings (SSSR count). The monoisotopic (exact) mass is 757 g/mol. The number of ether oxygens (including phenoxy) is 4. The molecule has 2 atom stereocenters. The Morgan fingerprint density at radius 2 is 1.68 bits per heavy atom. The lowest BCUT2D eigenvalue weighted by Gasteiger charge is -2.24. The van der Waals surface area contributed by atoms with Crippen molar-refractivity contribution >= 4 is 52.1 Å². The van der Waals surface area contributed by atoms with Crippen LogP contribution in [0.15, 0.2) is 54.9 Å². The molecule has 1 saturated carbocycles. The Labute approximate surface area is 302 Å². The van der Waals surface area contributed by atoms with Gasteiger partial charge in [-0.25, -0.2) is 4.21 Å². The number of rotatable bonds is 17. The van der Waals surface area contributed by atoms with Crippen LogP contribution >= 0.6 is 23.2 Å². The highest BCUT2D eigenvalue weighted by atomic mass is 35.5. The molecule has 2 aromatic carbocycles. The van der Waals surface area contributed by atoms with Gasteiger partial charge in [-0.05, 0) is 87.5 Å². The van der Waals surface area contributed by atoms with Gasteiger partial charge in [0.05, 0.1) is 28.9 Å². The van der Waals surface area contributed by atoms with E-state index < -0.39 is 48.1 Å². The standard InChI is InChI=1S/C34H39Cl2F2N3O8S/c1-34(2,3)49-32(43)19-41(50(44)45)24-10-7-21(8-11-24)17-40(4)18-31(42)47-29(14-25-26(35)15-39-16-27(25)36)23-9-12-28(48-33(37)38)30(13-23)46-20-22-5-6-22/h7-13,15-16,22,29,33H,5-6,14,17-20H2,1-4H3,(H,44,45)/t29-/m0/s1. The maximum atomic E-state index is 13.3. The van der Waals surface area contributed by atoms with Crippen LogP contribution in [0.4, 0.5) is 14.5 Å². The van der Waals surface area contributed by atoms with Crippen LogP contribution in [0.1, 0.15) is 56.4 Å². The van der Waals surface area contributed by atoms with Gasteiger partial charge in [-0.2, -0.15) is 8.78 Å². The van der Waals surface area contributed by atoms with E-state index in [1.807, 2.05) is 0 Å². The predicted molar refractivity (Wildman–Crippen MR) is 185 cm³/mol. The lowest BCUT2D eigenvalue weighted by molar-refractivity contribution is -0.153. The highest BCUT2D eigenvalue weighted by molar-refractivity contribution is 7.80. The molecule has 1 fully saturated rings. The van der Waals surface area contributed by atoms with Crippen LogP contribution in [0.2, 0.25) is 10.0 Å². The molecule has 1 N–H and O–H groups in total. The minimum absolute atomic E-state index is 0.0558. The van der Waals surface area contributed by atoms with Crippen molar-refractivity contribution in [3.05, 3.63) is 81.6 Å². The molecule has 1 heterocycles. The number of halogens is 4. The molecule has 1 aliphatic rings. The van der Waals surface area contributed by atoms with E-state index in [-0.39, 0.29) is 34.5 Å². The molecule has 16 heteroatoms. The molecule has 3 aromatic rings. The third-order valence-electron chi connectivity index (χ3n) is 7.30. The zero-order chi connectivity index (χ0) is 36.6. The smallest absolute Gasteiger partial charge is 0.387 e. The molecule has 50 heavy (non-hydrogen) atoms. The van der Waals surface area contributed by atoms with Gasteiger partial charge in [-0.3, -0.25) is 28.3 Å². The fourth-order valence-corrected chi connectivity index (χ4v) is 5.89. The van der Waals surface area contributed by atoms with Crippen molar-refractivity contribution < 1.29 is 46.1 Å². The summed E-state index contributed by atoms with van der Waals surface area (Å²) in [7, 11) is 1.71. The van der Waals surface area contributed by atoms with Crippen molar-refractivity contribution in [1.82, 2.24) is 9.88 Å². The SMILES string of the molecule is CN(CC(=O)O[C@@H](Cc1c(Cl)cncc1Cl)c1ccc(OC(F)F)c(OCC2CC2)c1)Cc1ccc(N(CC(=O)OC(C)(C)C)S(=O)O)cc1. The molecular formula is C34H39Cl2F2N3O8S. The van der Waals surface area contributed by atoms with E-state index in [4.69, 9.17) is 37.4 Å². The number of carbonyl (C=O) groups is 2. The van der Waals surface area contributed by atoms with Crippen LogP contribution in [0.25, 0.3) is 0 Å². The Kier molecular flexibility index (Phi) is 13.8. The van der Waals surface area contributed by atoms with Gasteiger partial charge < -0.3 is 18.9 Å². The molecule has 1 aliphatic carbocycles. The van der Waals surface area contributed by atoms with Crippen molar-refractivity contribution in [2.45, 2.75) is 64.9 Å². The van der Waals surface area contributed by atoms with Gasteiger partial charge in [-0.15, -0.1) is 0 Å². The normalized spacial score (nSPS) is 14.3. The van der Waals surface area contributed by atoms with Crippen molar-refractivity contribution in [3.8, 4) is 11.5 Å². The number of anilines is 1. The number of aromatic nitrogens is 1. The summed E-state index contributed by atoms with van der Waals surface area (Å²) in [6, 6.07) is 10.9. The Hall–Kier alpha value is -3.56. The third kappa shape index (κ3) is 12.3. The lowest BCUT2D eigenvalue weighted by Crippen LogP contribution is -2.36. The second-order valence-electron chi connectivity index (χ2n) is 12.8. The quantitative estimate of drug-likeness (QED) is 0.113. The van der Waals surface area contributed by atoms with Crippen LogP contribution in [0, 0.1) is 5.92 Å². The number of hydrogen-bond acceptors (Lipinski definition) is 9. The Morgan fingerprint density at radius 3 is 2.26 bits per heavy atom. The summed E-state index contributed by atoms with van der Waals surface area (Å²) in [5.41, 5.74) is 1.27. The Balaban J connectivity index is 1.47. The van der Waals surface area contributed by atoms with E-state index in [1.165, 1.54) is 30.6 Å². The Bertz CT molecular complexity index is 1640. The van der Waals surface area contributed by atoms with E-state index in [0.29, 0.717) is 35.9 Å². The first-order valence-corrected chi connectivity index (χ1v) is 17.5. The molecule has 0 spiro atoms. The number of likely N-dealkylation sites (N-methyl/N-ethyl adjacent to an activating group) is 1. The molecule has 0 aliphatic heterocycles. The maximum absolute atomic E-state index is 13.3. The average molecular weight is 759 g/mol. The summed E-state index contributed by atoms with van der Waals surface area (Å²) in [4.78, 5) is 31.3. The summed E-state index contributed by atoms with van der Waals surface area (Å²) in [5.74, 6) is -0.963. The summed E-state index contributed by atoms with van der Waals surface area (Å²) >= 11 is 10.3. The van der Waals surface area contributed by atoms with Crippen LogP contribution < -0.4 is 13.8 Å². The second-order valence-corrected chi connectivity index (χ2v) is 14.5. The van der Waals surface area contributed by atoms with Gasteiger partial charge in [0.1, 0.15) is 18.2 Å². The minimum atomic E-state index is -3.06. The highest BCUT2D eigenvalue weighted by Crippen LogP contribution is 2.38. The topological polar surface area (TPSA) is 128 Å². The molecule has 0 saturated heterocycles.